The predicted octanol–water partition coefficient (Wildman–Crippen LogP) is 3.37. The number of halogens is 1. The molecule has 1 saturated heterocycles. The highest BCUT2D eigenvalue weighted by molar-refractivity contribution is 7.89. The number of hydrogen-bond acceptors (Lipinski definition) is 4. The third kappa shape index (κ3) is 6.27. The Morgan fingerprint density at radius 1 is 1.16 bits per heavy atom. The van der Waals surface area contributed by atoms with Gasteiger partial charge in [-0.3, -0.25) is 4.79 Å². The van der Waals surface area contributed by atoms with E-state index in [4.69, 9.17) is 4.74 Å². The first-order valence-corrected chi connectivity index (χ1v) is 12.1. The number of hydrogen-bond donors (Lipinski definition) is 1. The maximum absolute atomic E-state index is 13.1. The van der Waals surface area contributed by atoms with Gasteiger partial charge in [-0.15, -0.1) is 0 Å². The zero-order chi connectivity index (χ0) is 22.3. The Kier molecular flexibility index (Phi) is 8.03. The van der Waals surface area contributed by atoms with Crippen molar-refractivity contribution in [2.75, 3.05) is 26.2 Å². The second kappa shape index (κ2) is 10.7. The largest absolute Gasteiger partial charge is 0.494 e. The first-order chi connectivity index (χ1) is 14.9. The molecule has 0 saturated carbocycles. The summed E-state index contributed by atoms with van der Waals surface area (Å²) in [4.78, 5) is 12.6. The number of rotatable bonds is 9. The molecule has 0 aromatic heterocycles. The van der Waals surface area contributed by atoms with Crippen LogP contribution in [0.4, 0.5) is 4.39 Å². The first kappa shape index (κ1) is 23.2. The molecule has 0 aliphatic carbocycles. The number of carbonyl (C=O) groups is 1. The van der Waals surface area contributed by atoms with Crippen LogP contribution in [0, 0.1) is 11.7 Å². The molecule has 1 aliphatic rings. The SMILES string of the molecule is CCOc1ccc(CCCNC(=O)C2CCCN(S(=O)(=O)c3ccc(F)cc3)C2)cc1. The zero-order valence-electron chi connectivity index (χ0n) is 17.7. The van der Waals surface area contributed by atoms with Gasteiger partial charge in [-0.1, -0.05) is 12.1 Å². The van der Waals surface area contributed by atoms with Crippen molar-refractivity contribution in [3.8, 4) is 5.75 Å². The number of aryl methyl sites for hydroxylation is 1. The van der Waals surface area contributed by atoms with E-state index in [1.807, 2.05) is 31.2 Å². The molecular formula is C23H29FN2O4S. The number of nitrogens with zero attached hydrogens (tertiary/aromatic N) is 1. The fourth-order valence-corrected chi connectivity index (χ4v) is 5.22. The summed E-state index contributed by atoms with van der Waals surface area (Å²) in [5.41, 5.74) is 1.17. The molecule has 1 N–H and O–H groups in total. The van der Waals surface area contributed by atoms with Gasteiger partial charge in [-0.05, 0) is 74.6 Å². The maximum Gasteiger partial charge on any atom is 0.243 e. The average molecular weight is 449 g/mol. The van der Waals surface area contributed by atoms with E-state index in [0.29, 0.717) is 32.5 Å². The van der Waals surface area contributed by atoms with Crippen molar-refractivity contribution in [3.63, 3.8) is 0 Å². The summed E-state index contributed by atoms with van der Waals surface area (Å²) in [6.45, 7) is 3.62. The molecule has 8 heteroatoms. The number of sulfonamides is 1. The van der Waals surface area contributed by atoms with Gasteiger partial charge < -0.3 is 10.1 Å². The van der Waals surface area contributed by atoms with Crippen LogP contribution in [0.3, 0.4) is 0 Å². The molecule has 1 heterocycles. The fraction of sp³-hybridized carbons (Fsp3) is 0.435. The minimum Gasteiger partial charge on any atom is -0.494 e. The van der Waals surface area contributed by atoms with Crippen molar-refractivity contribution in [2.45, 2.75) is 37.5 Å². The second-order valence-corrected chi connectivity index (χ2v) is 9.57. The quantitative estimate of drug-likeness (QED) is 0.597. The number of carbonyl (C=O) groups excluding carboxylic acids is 1. The smallest absolute Gasteiger partial charge is 0.243 e. The molecule has 1 atom stereocenters. The number of amides is 1. The van der Waals surface area contributed by atoms with Crippen LogP contribution in [0.5, 0.6) is 5.75 Å². The molecule has 1 amide bonds. The molecule has 1 aliphatic heterocycles. The van der Waals surface area contributed by atoms with Gasteiger partial charge in [0.2, 0.25) is 15.9 Å². The molecule has 1 unspecified atom stereocenters. The van der Waals surface area contributed by atoms with Crippen molar-refractivity contribution in [1.29, 1.82) is 0 Å². The summed E-state index contributed by atoms with van der Waals surface area (Å²) in [5.74, 6) is -0.141. The highest BCUT2D eigenvalue weighted by Crippen LogP contribution is 2.24. The van der Waals surface area contributed by atoms with E-state index < -0.39 is 15.8 Å². The van der Waals surface area contributed by atoms with Gasteiger partial charge in [-0.2, -0.15) is 4.31 Å². The van der Waals surface area contributed by atoms with Gasteiger partial charge in [0.1, 0.15) is 11.6 Å². The van der Waals surface area contributed by atoms with Gasteiger partial charge in [-0.25, -0.2) is 12.8 Å². The number of ether oxygens (including phenoxy) is 1. The van der Waals surface area contributed by atoms with Gasteiger partial charge in [0.25, 0.3) is 0 Å². The topological polar surface area (TPSA) is 75.7 Å². The standard InChI is InChI=1S/C23H29FN2O4S/c1-2-30-21-11-7-18(8-12-21)5-3-15-25-23(27)19-6-4-16-26(17-19)31(28,29)22-13-9-20(24)10-14-22/h7-14,19H,2-6,15-17H2,1H3,(H,25,27). The Hall–Kier alpha value is -2.45. The summed E-state index contributed by atoms with van der Waals surface area (Å²) in [5, 5.41) is 2.94. The minimum atomic E-state index is -3.74. The summed E-state index contributed by atoms with van der Waals surface area (Å²) < 4.78 is 45.5. The monoisotopic (exact) mass is 448 g/mol. The number of piperidine rings is 1. The third-order valence-electron chi connectivity index (χ3n) is 5.38. The van der Waals surface area contributed by atoms with Crippen LogP contribution in [0.1, 0.15) is 31.7 Å². The van der Waals surface area contributed by atoms with E-state index in [1.54, 1.807) is 0 Å². The molecule has 0 radical (unpaired) electrons. The fourth-order valence-electron chi connectivity index (χ4n) is 3.70. The summed E-state index contributed by atoms with van der Waals surface area (Å²) in [6, 6.07) is 12.7. The summed E-state index contributed by atoms with van der Waals surface area (Å²) in [7, 11) is -3.74. The molecule has 0 bridgehead atoms. The Morgan fingerprint density at radius 3 is 2.55 bits per heavy atom. The van der Waals surface area contributed by atoms with Crippen molar-refractivity contribution < 1.29 is 22.3 Å². The van der Waals surface area contributed by atoms with Crippen LogP contribution >= 0.6 is 0 Å². The zero-order valence-corrected chi connectivity index (χ0v) is 18.5. The normalized spacial score (nSPS) is 17.3. The predicted molar refractivity (Wildman–Crippen MR) is 117 cm³/mol. The van der Waals surface area contributed by atoms with E-state index in [0.717, 1.165) is 30.7 Å². The van der Waals surface area contributed by atoms with Crippen molar-refractivity contribution >= 4 is 15.9 Å². The molecular weight excluding hydrogens is 419 g/mol. The highest BCUT2D eigenvalue weighted by atomic mass is 32.2. The van der Waals surface area contributed by atoms with Gasteiger partial charge in [0.15, 0.2) is 0 Å². The van der Waals surface area contributed by atoms with Gasteiger partial charge in [0, 0.05) is 19.6 Å². The Labute approximate surface area is 183 Å². The van der Waals surface area contributed by atoms with E-state index in [1.165, 1.54) is 22.0 Å². The molecule has 2 aromatic carbocycles. The lowest BCUT2D eigenvalue weighted by Gasteiger charge is -2.31. The Morgan fingerprint density at radius 2 is 1.87 bits per heavy atom. The van der Waals surface area contributed by atoms with Gasteiger partial charge in [0.05, 0.1) is 17.4 Å². The molecule has 6 nitrogen and oxygen atoms in total. The Bertz CT molecular complexity index is 962. The van der Waals surface area contributed by atoms with E-state index in [9.17, 15) is 17.6 Å². The van der Waals surface area contributed by atoms with E-state index in [2.05, 4.69) is 5.32 Å². The van der Waals surface area contributed by atoms with Crippen molar-refractivity contribution in [1.82, 2.24) is 9.62 Å². The Balaban J connectivity index is 1.47. The third-order valence-corrected chi connectivity index (χ3v) is 7.26. The molecule has 1 fully saturated rings. The molecule has 2 aromatic rings. The highest BCUT2D eigenvalue weighted by Gasteiger charge is 2.33. The lowest BCUT2D eigenvalue weighted by atomic mass is 9.99. The maximum atomic E-state index is 13.1. The molecule has 31 heavy (non-hydrogen) atoms. The lowest BCUT2D eigenvalue weighted by molar-refractivity contribution is -0.126. The average Bonchev–Trinajstić information content (AvgIpc) is 2.78. The van der Waals surface area contributed by atoms with Crippen molar-refractivity contribution in [3.05, 3.63) is 59.9 Å². The van der Waals surface area contributed by atoms with E-state index >= 15 is 0 Å². The van der Waals surface area contributed by atoms with Crippen molar-refractivity contribution in [2.24, 2.45) is 5.92 Å². The lowest BCUT2D eigenvalue weighted by Crippen LogP contribution is -2.45. The summed E-state index contributed by atoms with van der Waals surface area (Å²) >= 11 is 0. The molecule has 168 valence electrons. The molecule has 0 spiro atoms. The van der Waals surface area contributed by atoms with E-state index in [-0.39, 0.29) is 23.3 Å². The molecule has 3 rings (SSSR count). The van der Waals surface area contributed by atoms with Gasteiger partial charge >= 0.3 is 0 Å². The number of nitrogens with one attached hydrogen (secondary N) is 1. The van der Waals surface area contributed by atoms with Crippen LogP contribution in [0.2, 0.25) is 0 Å². The van der Waals surface area contributed by atoms with Crippen LogP contribution in [-0.4, -0.2) is 44.9 Å². The first-order valence-electron chi connectivity index (χ1n) is 10.7. The number of benzene rings is 2. The van der Waals surface area contributed by atoms with Crippen LogP contribution in [0.15, 0.2) is 53.4 Å². The summed E-state index contributed by atoms with van der Waals surface area (Å²) in [6.07, 6.45) is 2.90. The van der Waals surface area contributed by atoms with Crippen LogP contribution < -0.4 is 10.1 Å². The van der Waals surface area contributed by atoms with Crippen LogP contribution in [-0.2, 0) is 21.2 Å². The van der Waals surface area contributed by atoms with Crippen LogP contribution in [0.25, 0.3) is 0 Å². The second-order valence-electron chi connectivity index (χ2n) is 7.63. The minimum absolute atomic E-state index is 0.0466.